The van der Waals surface area contributed by atoms with Gasteiger partial charge in [0.15, 0.2) is 0 Å². The summed E-state index contributed by atoms with van der Waals surface area (Å²) in [6, 6.07) is 9.94. The molecule has 3 nitrogen and oxygen atoms in total. The average molecular weight is 270 g/mol. The zero-order valence-electron chi connectivity index (χ0n) is 12.6. The molecule has 106 valence electrons. The summed E-state index contributed by atoms with van der Waals surface area (Å²) < 4.78 is 5.97. The van der Waals surface area contributed by atoms with Crippen molar-refractivity contribution in [3.05, 3.63) is 53.3 Å². The van der Waals surface area contributed by atoms with Gasteiger partial charge in [-0.2, -0.15) is 0 Å². The van der Waals surface area contributed by atoms with E-state index in [0.717, 1.165) is 11.4 Å². The Bertz CT molecular complexity index is 600. The summed E-state index contributed by atoms with van der Waals surface area (Å²) in [5.41, 5.74) is 9.74. The molecule has 2 aromatic rings. The first-order valence-corrected chi connectivity index (χ1v) is 6.80. The van der Waals surface area contributed by atoms with E-state index >= 15 is 0 Å². The first-order chi connectivity index (χ1) is 9.36. The van der Waals surface area contributed by atoms with E-state index in [0.29, 0.717) is 12.3 Å². The summed E-state index contributed by atoms with van der Waals surface area (Å²) in [7, 11) is 0. The van der Waals surface area contributed by atoms with Crippen molar-refractivity contribution >= 4 is 5.69 Å². The topological polar surface area (TPSA) is 48.1 Å². The number of benzene rings is 1. The highest BCUT2D eigenvalue weighted by Crippen LogP contribution is 2.32. The normalized spacial score (nSPS) is 11.4. The van der Waals surface area contributed by atoms with Crippen LogP contribution in [-0.2, 0) is 12.0 Å². The molecule has 0 fully saturated rings. The van der Waals surface area contributed by atoms with E-state index in [2.05, 4.69) is 50.9 Å². The van der Waals surface area contributed by atoms with Crippen molar-refractivity contribution in [2.24, 2.45) is 0 Å². The lowest BCUT2D eigenvalue weighted by atomic mass is 9.86. The second kappa shape index (κ2) is 5.53. The first-order valence-electron chi connectivity index (χ1n) is 6.80. The Morgan fingerprint density at radius 2 is 1.90 bits per heavy atom. The molecule has 1 heterocycles. The molecular formula is C17H22N2O. The minimum atomic E-state index is 0.0478. The number of aromatic nitrogens is 1. The van der Waals surface area contributed by atoms with Gasteiger partial charge in [0, 0.05) is 11.9 Å². The number of nitrogen functional groups attached to an aromatic ring is 1. The molecule has 0 bridgehead atoms. The summed E-state index contributed by atoms with van der Waals surface area (Å²) >= 11 is 0. The molecule has 0 saturated carbocycles. The van der Waals surface area contributed by atoms with Crippen molar-refractivity contribution in [1.29, 1.82) is 0 Å². The van der Waals surface area contributed by atoms with E-state index in [4.69, 9.17) is 10.5 Å². The quantitative estimate of drug-likeness (QED) is 0.921. The van der Waals surface area contributed by atoms with Gasteiger partial charge in [-0.05, 0) is 41.7 Å². The van der Waals surface area contributed by atoms with Gasteiger partial charge >= 0.3 is 0 Å². The summed E-state index contributed by atoms with van der Waals surface area (Å²) in [6.07, 6.45) is 1.70. The Hall–Kier alpha value is -2.03. The van der Waals surface area contributed by atoms with Gasteiger partial charge < -0.3 is 10.5 Å². The average Bonchev–Trinajstić information content (AvgIpc) is 2.35. The molecule has 0 aliphatic rings. The smallest absolute Gasteiger partial charge is 0.130 e. The van der Waals surface area contributed by atoms with Crippen LogP contribution >= 0.6 is 0 Å². The number of ether oxygens (including phenoxy) is 1. The summed E-state index contributed by atoms with van der Waals surface area (Å²) in [4.78, 5) is 4.26. The fourth-order valence-electron chi connectivity index (χ4n) is 2.10. The lowest BCUT2D eigenvalue weighted by Gasteiger charge is -2.23. The molecular weight excluding hydrogens is 248 g/mol. The van der Waals surface area contributed by atoms with Crippen molar-refractivity contribution in [3.63, 3.8) is 0 Å². The molecule has 0 radical (unpaired) electrons. The van der Waals surface area contributed by atoms with Gasteiger partial charge in [-0.3, -0.25) is 4.98 Å². The van der Waals surface area contributed by atoms with Gasteiger partial charge in [0.1, 0.15) is 12.4 Å². The van der Waals surface area contributed by atoms with Crippen LogP contribution < -0.4 is 10.5 Å². The number of hydrogen-bond donors (Lipinski definition) is 1. The minimum Gasteiger partial charge on any atom is -0.487 e. The molecule has 20 heavy (non-hydrogen) atoms. The fraction of sp³-hybridized carbons (Fsp3) is 0.353. The molecule has 2 N–H and O–H groups in total. The molecule has 0 saturated heterocycles. The summed E-state index contributed by atoms with van der Waals surface area (Å²) in [6.45, 7) is 9.05. The van der Waals surface area contributed by atoms with Crippen LogP contribution in [0.4, 0.5) is 5.69 Å². The van der Waals surface area contributed by atoms with Crippen LogP contribution in [0.25, 0.3) is 0 Å². The van der Waals surface area contributed by atoms with Crippen LogP contribution in [0.3, 0.4) is 0 Å². The third-order valence-electron chi connectivity index (χ3n) is 3.16. The zero-order chi connectivity index (χ0) is 14.8. The molecule has 0 unspecified atom stereocenters. The van der Waals surface area contributed by atoms with Gasteiger partial charge in [-0.25, -0.2) is 0 Å². The van der Waals surface area contributed by atoms with E-state index in [9.17, 15) is 0 Å². The van der Waals surface area contributed by atoms with Crippen molar-refractivity contribution in [3.8, 4) is 5.75 Å². The van der Waals surface area contributed by atoms with Crippen molar-refractivity contribution in [2.75, 3.05) is 5.73 Å². The highest BCUT2D eigenvalue weighted by molar-refractivity contribution is 5.42. The predicted molar refractivity (Wildman–Crippen MR) is 82.9 cm³/mol. The molecule has 1 aromatic carbocycles. The standard InChI is InChI=1S/C17H22N2O/c1-12-5-6-15(17(2,3)4)16(9-12)20-11-14-10-13(18)7-8-19-14/h5-10H,11H2,1-4H3,(H2,18,19). The summed E-state index contributed by atoms with van der Waals surface area (Å²) in [5, 5.41) is 0. The van der Waals surface area contributed by atoms with E-state index < -0.39 is 0 Å². The van der Waals surface area contributed by atoms with Crippen LogP contribution in [0.5, 0.6) is 5.75 Å². The molecule has 0 atom stereocenters. The van der Waals surface area contributed by atoms with Gasteiger partial charge in [-0.15, -0.1) is 0 Å². The van der Waals surface area contributed by atoms with Crippen LogP contribution in [0.2, 0.25) is 0 Å². The highest BCUT2D eigenvalue weighted by Gasteiger charge is 2.19. The maximum absolute atomic E-state index is 5.97. The number of hydrogen-bond acceptors (Lipinski definition) is 3. The van der Waals surface area contributed by atoms with E-state index in [1.165, 1.54) is 11.1 Å². The third kappa shape index (κ3) is 3.50. The lowest BCUT2D eigenvalue weighted by molar-refractivity contribution is 0.293. The van der Waals surface area contributed by atoms with Gasteiger partial charge in [-0.1, -0.05) is 32.9 Å². The molecule has 2 rings (SSSR count). The van der Waals surface area contributed by atoms with E-state index in [1.807, 2.05) is 6.07 Å². The van der Waals surface area contributed by atoms with Crippen molar-refractivity contribution < 1.29 is 4.74 Å². The fourth-order valence-corrected chi connectivity index (χ4v) is 2.10. The summed E-state index contributed by atoms with van der Waals surface area (Å²) in [5.74, 6) is 0.918. The Balaban J connectivity index is 2.22. The highest BCUT2D eigenvalue weighted by atomic mass is 16.5. The number of nitrogens with two attached hydrogens (primary N) is 1. The van der Waals surface area contributed by atoms with Gasteiger partial charge in [0.05, 0.1) is 5.69 Å². The molecule has 0 spiro atoms. The zero-order valence-corrected chi connectivity index (χ0v) is 12.6. The van der Waals surface area contributed by atoms with Crippen molar-refractivity contribution in [1.82, 2.24) is 4.98 Å². The molecule has 0 amide bonds. The maximum Gasteiger partial charge on any atom is 0.130 e. The Morgan fingerprint density at radius 1 is 1.15 bits per heavy atom. The third-order valence-corrected chi connectivity index (χ3v) is 3.16. The van der Waals surface area contributed by atoms with Crippen LogP contribution in [0, 0.1) is 6.92 Å². The molecule has 0 aliphatic heterocycles. The monoisotopic (exact) mass is 270 g/mol. The SMILES string of the molecule is Cc1ccc(C(C)(C)C)c(OCc2cc(N)ccn2)c1. The van der Waals surface area contributed by atoms with Crippen LogP contribution in [-0.4, -0.2) is 4.98 Å². The predicted octanol–water partition coefficient (Wildman–Crippen LogP) is 3.85. The van der Waals surface area contributed by atoms with Crippen LogP contribution in [0.1, 0.15) is 37.6 Å². The van der Waals surface area contributed by atoms with E-state index in [1.54, 1.807) is 12.3 Å². The van der Waals surface area contributed by atoms with Gasteiger partial charge in [0.2, 0.25) is 0 Å². The number of aryl methyl sites for hydroxylation is 1. The minimum absolute atomic E-state index is 0.0478. The Labute approximate surface area is 120 Å². The first kappa shape index (κ1) is 14.4. The molecule has 0 aliphatic carbocycles. The van der Waals surface area contributed by atoms with Gasteiger partial charge in [0.25, 0.3) is 0 Å². The number of nitrogens with zero attached hydrogens (tertiary/aromatic N) is 1. The second-order valence-corrected chi connectivity index (χ2v) is 6.12. The number of anilines is 1. The molecule has 1 aromatic heterocycles. The van der Waals surface area contributed by atoms with Crippen LogP contribution in [0.15, 0.2) is 36.5 Å². The lowest BCUT2D eigenvalue weighted by Crippen LogP contribution is -2.13. The largest absolute Gasteiger partial charge is 0.487 e. The Kier molecular flexibility index (Phi) is 3.98. The second-order valence-electron chi connectivity index (χ2n) is 6.12. The molecule has 3 heteroatoms. The van der Waals surface area contributed by atoms with E-state index in [-0.39, 0.29) is 5.41 Å². The number of pyridine rings is 1. The number of rotatable bonds is 3. The van der Waals surface area contributed by atoms with Crippen molar-refractivity contribution in [2.45, 2.75) is 39.7 Å². The Morgan fingerprint density at radius 3 is 2.55 bits per heavy atom. The maximum atomic E-state index is 5.97.